The van der Waals surface area contributed by atoms with Crippen LogP contribution in [0.4, 0.5) is 10.1 Å². The Bertz CT molecular complexity index is 1040. The molecule has 0 aliphatic carbocycles. The van der Waals surface area contributed by atoms with Crippen molar-refractivity contribution in [2.24, 2.45) is 4.99 Å². The SMILES string of the molecule is CCOC(=O)C1=C(O)/C(=C\c2cc(OC)cc(OC)c2)SC1=Nc1ccccc1F. The van der Waals surface area contributed by atoms with Gasteiger partial charge in [0.1, 0.15) is 39.4 Å². The highest BCUT2D eigenvalue weighted by atomic mass is 32.2. The maximum Gasteiger partial charge on any atom is 0.344 e. The van der Waals surface area contributed by atoms with Crippen LogP contribution >= 0.6 is 11.8 Å². The fraction of sp³-hybridized carbons (Fsp3) is 0.182. The number of carbonyl (C=O) groups is 1. The van der Waals surface area contributed by atoms with Crippen LogP contribution in [0.15, 0.2) is 63.7 Å². The monoisotopic (exact) mass is 429 g/mol. The molecule has 0 spiro atoms. The molecule has 2 aromatic rings. The molecule has 8 heteroatoms. The molecule has 1 heterocycles. The van der Waals surface area contributed by atoms with E-state index in [0.29, 0.717) is 22.0 Å². The molecule has 156 valence electrons. The van der Waals surface area contributed by atoms with Crippen molar-refractivity contribution in [1.29, 1.82) is 0 Å². The van der Waals surface area contributed by atoms with Gasteiger partial charge >= 0.3 is 5.97 Å². The maximum absolute atomic E-state index is 14.1. The quantitative estimate of drug-likeness (QED) is 0.649. The van der Waals surface area contributed by atoms with Crippen LogP contribution < -0.4 is 9.47 Å². The molecule has 6 nitrogen and oxygen atoms in total. The third-order valence-corrected chi connectivity index (χ3v) is 5.14. The Morgan fingerprint density at radius 2 is 1.83 bits per heavy atom. The van der Waals surface area contributed by atoms with Gasteiger partial charge in [-0.15, -0.1) is 0 Å². The van der Waals surface area contributed by atoms with E-state index in [1.54, 1.807) is 43.3 Å². The van der Waals surface area contributed by atoms with Crippen LogP contribution in [0.25, 0.3) is 6.08 Å². The molecule has 1 N–H and O–H groups in total. The summed E-state index contributed by atoms with van der Waals surface area (Å²) >= 11 is 1.04. The number of thioether (sulfide) groups is 1. The second-order valence-electron chi connectivity index (χ2n) is 6.07. The van der Waals surface area contributed by atoms with Gasteiger partial charge < -0.3 is 19.3 Å². The Morgan fingerprint density at radius 1 is 1.17 bits per heavy atom. The number of hydrogen-bond acceptors (Lipinski definition) is 7. The molecule has 0 radical (unpaired) electrons. The Hall–Kier alpha value is -3.26. The van der Waals surface area contributed by atoms with Crippen LogP contribution in [0, 0.1) is 5.82 Å². The smallest absolute Gasteiger partial charge is 0.344 e. The summed E-state index contributed by atoms with van der Waals surface area (Å²) in [6.45, 7) is 1.78. The molecule has 0 aromatic heterocycles. The van der Waals surface area contributed by atoms with E-state index in [-0.39, 0.29) is 28.7 Å². The van der Waals surface area contributed by atoms with Crippen LogP contribution in [0.5, 0.6) is 11.5 Å². The summed E-state index contributed by atoms with van der Waals surface area (Å²) in [5.41, 5.74) is 0.626. The number of aliphatic hydroxyl groups excluding tert-OH is 1. The minimum Gasteiger partial charge on any atom is -0.506 e. The molecule has 2 aromatic carbocycles. The minimum absolute atomic E-state index is 0.0545. The zero-order valence-corrected chi connectivity index (χ0v) is 17.5. The summed E-state index contributed by atoms with van der Waals surface area (Å²) in [5.74, 6) is -0.417. The van der Waals surface area contributed by atoms with Crippen LogP contribution in [-0.2, 0) is 9.53 Å². The Kier molecular flexibility index (Phi) is 6.79. The van der Waals surface area contributed by atoms with E-state index in [9.17, 15) is 14.3 Å². The number of aliphatic imine (C=N–C) groups is 1. The molecular formula is C22H20FNO5S. The number of methoxy groups -OCH3 is 2. The number of aliphatic hydroxyl groups is 1. The van der Waals surface area contributed by atoms with Crippen LogP contribution in [0.2, 0.25) is 0 Å². The molecular weight excluding hydrogens is 409 g/mol. The van der Waals surface area contributed by atoms with Crippen molar-refractivity contribution < 1.29 is 28.5 Å². The molecule has 0 fully saturated rings. The Balaban J connectivity index is 2.08. The van der Waals surface area contributed by atoms with Crippen molar-refractivity contribution in [3.63, 3.8) is 0 Å². The molecule has 30 heavy (non-hydrogen) atoms. The van der Waals surface area contributed by atoms with E-state index >= 15 is 0 Å². The average molecular weight is 429 g/mol. The van der Waals surface area contributed by atoms with Crippen molar-refractivity contribution in [2.75, 3.05) is 20.8 Å². The lowest BCUT2D eigenvalue weighted by molar-refractivity contribution is -0.138. The highest BCUT2D eigenvalue weighted by Gasteiger charge is 2.33. The zero-order chi connectivity index (χ0) is 21.7. The Labute approximate surface area is 177 Å². The first-order valence-electron chi connectivity index (χ1n) is 9.03. The number of para-hydroxylation sites is 1. The Morgan fingerprint density at radius 3 is 2.43 bits per heavy atom. The van der Waals surface area contributed by atoms with E-state index in [2.05, 4.69) is 4.99 Å². The summed E-state index contributed by atoms with van der Waals surface area (Å²) < 4.78 is 29.7. The van der Waals surface area contributed by atoms with Crippen molar-refractivity contribution in [1.82, 2.24) is 0 Å². The van der Waals surface area contributed by atoms with Gasteiger partial charge in [-0.3, -0.25) is 0 Å². The fourth-order valence-corrected chi connectivity index (χ4v) is 3.74. The van der Waals surface area contributed by atoms with Gasteiger partial charge in [-0.1, -0.05) is 23.9 Å². The predicted octanol–water partition coefficient (Wildman–Crippen LogP) is 5.04. The zero-order valence-electron chi connectivity index (χ0n) is 16.6. The highest BCUT2D eigenvalue weighted by Crippen LogP contribution is 2.41. The number of esters is 1. The topological polar surface area (TPSA) is 77.4 Å². The standard InChI is InChI=1S/C22H20FNO5S/c1-4-29-22(26)19-20(25)18(11-13-9-14(27-2)12-15(10-13)28-3)30-21(19)24-17-8-6-5-7-16(17)23/h5-12,25H,4H2,1-3H3/b18-11+,24-21?. The fourth-order valence-electron chi connectivity index (χ4n) is 2.71. The van der Waals surface area contributed by atoms with Crippen LogP contribution in [0.3, 0.4) is 0 Å². The molecule has 0 amide bonds. The molecule has 3 rings (SSSR count). The number of hydrogen-bond donors (Lipinski definition) is 1. The number of ether oxygens (including phenoxy) is 3. The van der Waals surface area contributed by atoms with E-state index in [1.807, 2.05) is 0 Å². The van der Waals surface area contributed by atoms with E-state index in [4.69, 9.17) is 14.2 Å². The second kappa shape index (κ2) is 9.49. The lowest BCUT2D eigenvalue weighted by Crippen LogP contribution is -2.12. The van der Waals surface area contributed by atoms with E-state index in [1.165, 1.54) is 26.4 Å². The van der Waals surface area contributed by atoms with Gasteiger partial charge in [0.15, 0.2) is 0 Å². The first-order valence-corrected chi connectivity index (χ1v) is 9.85. The van der Waals surface area contributed by atoms with Crippen LogP contribution in [-0.4, -0.2) is 36.9 Å². The van der Waals surface area contributed by atoms with Gasteiger partial charge in [0.2, 0.25) is 0 Å². The molecule has 1 aliphatic heterocycles. The van der Waals surface area contributed by atoms with E-state index in [0.717, 1.165) is 11.8 Å². The molecule has 0 unspecified atom stereocenters. The lowest BCUT2D eigenvalue weighted by Gasteiger charge is -2.06. The predicted molar refractivity (Wildman–Crippen MR) is 115 cm³/mol. The third kappa shape index (κ3) is 4.65. The summed E-state index contributed by atoms with van der Waals surface area (Å²) in [5, 5.41) is 10.9. The first-order chi connectivity index (χ1) is 14.5. The van der Waals surface area contributed by atoms with Gasteiger partial charge in [-0.2, -0.15) is 0 Å². The van der Waals surface area contributed by atoms with Crippen molar-refractivity contribution in [2.45, 2.75) is 6.92 Å². The first kappa shape index (κ1) is 21.4. The number of benzene rings is 2. The van der Waals surface area contributed by atoms with Crippen LogP contribution in [0.1, 0.15) is 12.5 Å². The van der Waals surface area contributed by atoms with Gasteiger partial charge in [-0.25, -0.2) is 14.2 Å². The molecule has 0 saturated carbocycles. The number of carbonyl (C=O) groups excluding carboxylic acids is 1. The number of halogens is 1. The third-order valence-electron chi connectivity index (χ3n) is 4.12. The molecule has 0 bridgehead atoms. The van der Waals surface area contributed by atoms with Gasteiger partial charge in [-0.05, 0) is 42.8 Å². The average Bonchev–Trinajstić information content (AvgIpc) is 3.04. The van der Waals surface area contributed by atoms with Gasteiger partial charge in [0, 0.05) is 6.07 Å². The minimum atomic E-state index is -0.732. The number of nitrogens with zero attached hydrogens (tertiary/aromatic N) is 1. The molecule has 0 saturated heterocycles. The summed E-state index contributed by atoms with van der Waals surface area (Å²) in [4.78, 5) is 17.1. The summed E-state index contributed by atoms with van der Waals surface area (Å²) in [7, 11) is 3.07. The van der Waals surface area contributed by atoms with E-state index < -0.39 is 11.8 Å². The normalized spacial score (nSPS) is 16.3. The summed E-state index contributed by atoms with van der Waals surface area (Å²) in [6, 6.07) is 11.1. The molecule has 0 atom stereocenters. The second-order valence-corrected chi connectivity index (χ2v) is 7.10. The summed E-state index contributed by atoms with van der Waals surface area (Å²) in [6.07, 6.45) is 1.66. The highest BCUT2D eigenvalue weighted by molar-refractivity contribution is 8.18. The lowest BCUT2D eigenvalue weighted by atomic mass is 10.1. The van der Waals surface area contributed by atoms with Crippen molar-refractivity contribution in [3.05, 3.63) is 70.1 Å². The van der Waals surface area contributed by atoms with Gasteiger partial charge in [0.25, 0.3) is 0 Å². The number of rotatable bonds is 6. The van der Waals surface area contributed by atoms with Crippen molar-refractivity contribution >= 4 is 34.5 Å². The van der Waals surface area contributed by atoms with Gasteiger partial charge in [0.05, 0.1) is 25.7 Å². The maximum atomic E-state index is 14.1. The molecule has 1 aliphatic rings. The largest absolute Gasteiger partial charge is 0.506 e. The van der Waals surface area contributed by atoms with Crippen molar-refractivity contribution in [3.8, 4) is 11.5 Å².